The fourth-order valence-electron chi connectivity index (χ4n) is 4.44. The van der Waals surface area contributed by atoms with Crippen LogP contribution in [-0.2, 0) is 11.0 Å². The monoisotopic (exact) mass is 506 g/mol. The maximum absolute atomic E-state index is 13.6. The minimum atomic E-state index is -4.85. The number of nitrogens with zero attached hydrogens (tertiary/aromatic N) is 1. The fourth-order valence-corrected chi connectivity index (χ4v) is 4.44. The van der Waals surface area contributed by atoms with Crippen LogP contribution in [0.5, 0.6) is 11.5 Å². The Morgan fingerprint density at radius 1 is 1.06 bits per heavy atom. The molecule has 1 aliphatic carbocycles. The number of carbonyl (C=O) groups is 3. The number of hydrogen-bond acceptors (Lipinski definition) is 4. The third-order valence-corrected chi connectivity index (χ3v) is 6.37. The predicted molar refractivity (Wildman–Crippen MR) is 127 cm³/mol. The van der Waals surface area contributed by atoms with E-state index >= 15 is 0 Å². The van der Waals surface area contributed by atoms with Crippen molar-refractivity contribution < 1.29 is 37.4 Å². The highest BCUT2D eigenvalue weighted by Crippen LogP contribution is 2.40. The van der Waals surface area contributed by atoms with E-state index in [1.165, 1.54) is 17.0 Å². The normalized spacial score (nSPS) is 18.1. The van der Waals surface area contributed by atoms with Gasteiger partial charge in [-0.3, -0.25) is 9.59 Å². The van der Waals surface area contributed by atoms with Crippen molar-refractivity contribution in [3.05, 3.63) is 53.1 Å². The van der Waals surface area contributed by atoms with Crippen LogP contribution in [0.4, 0.5) is 18.9 Å². The second kappa shape index (κ2) is 10.6. The van der Waals surface area contributed by atoms with Crippen molar-refractivity contribution in [3.63, 3.8) is 0 Å². The van der Waals surface area contributed by atoms with Crippen molar-refractivity contribution >= 4 is 23.5 Å². The molecule has 36 heavy (non-hydrogen) atoms. The molecule has 0 aromatic heterocycles. The van der Waals surface area contributed by atoms with Crippen LogP contribution in [0.3, 0.4) is 0 Å². The maximum atomic E-state index is 13.6. The number of aromatic carboxylic acids is 1. The van der Waals surface area contributed by atoms with Gasteiger partial charge in [-0.1, -0.05) is 6.92 Å². The summed E-state index contributed by atoms with van der Waals surface area (Å²) in [5, 5.41) is 9.87. The van der Waals surface area contributed by atoms with Gasteiger partial charge in [-0.05, 0) is 81.8 Å². The highest BCUT2D eigenvalue weighted by molar-refractivity contribution is 6.03. The molecule has 10 heteroatoms. The van der Waals surface area contributed by atoms with Crippen LogP contribution in [0.25, 0.3) is 0 Å². The lowest BCUT2D eigenvalue weighted by molar-refractivity contribution is -0.138. The van der Waals surface area contributed by atoms with E-state index in [9.17, 15) is 32.7 Å². The zero-order valence-corrected chi connectivity index (χ0v) is 20.3. The number of carboxylic acids is 1. The summed E-state index contributed by atoms with van der Waals surface area (Å²) in [6, 6.07) is 6.04. The molecule has 3 rings (SSSR count). The third-order valence-electron chi connectivity index (χ3n) is 6.37. The molecular formula is C26H29F3N2O5. The molecule has 3 N–H and O–H groups in total. The number of carboxylic acid groups (broad SMARTS) is 1. The van der Waals surface area contributed by atoms with Crippen LogP contribution in [0.1, 0.15) is 72.7 Å². The summed E-state index contributed by atoms with van der Waals surface area (Å²) in [4.78, 5) is 38.3. The van der Waals surface area contributed by atoms with Crippen LogP contribution < -0.4 is 15.4 Å². The number of primary amides is 1. The van der Waals surface area contributed by atoms with E-state index in [-0.39, 0.29) is 40.4 Å². The Balaban J connectivity index is 1.99. The van der Waals surface area contributed by atoms with Gasteiger partial charge in [0.1, 0.15) is 11.5 Å². The minimum absolute atomic E-state index is 0.147. The number of halogens is 3. The van der Waals surface area contributed by atoms with Crippen molar-refractivity contribution in [3.8, 4) is 11.5 Å². The maximum Gasteiger partial charge on any atom is 0.420 e. The lowest BCUT2D eigenvalue weighted by atomic mass is 9.82. The summed E-state index contributed by atoms with van der Waals surface area (Å²) in [6.07, 6.45) is -1.59. The first-order chi connectivity index (χ1) is 16.8. The van der Waals surface area contributed by atoms with E-state index in [1.807, 2.05) is 0 Å². The topological polar surface area (TPSA) is 110 Å². The van der Waals surface area contributed by atoms with Gasteiger partial charge in [-0.15, -0.1) is 0 Å². The molecule has 0 saturated heterocycles. The van der Waals surface area contributed by atoms with E-state index in [0.717, 1.165) is 31.0 Å². The summed E-state index contributed by atoms with van der Waals surface area (Å²) in [5.41, 5.74) is 3.38. The predicted octanol–water partition coefficient (Wildman–Crippen LogP) is 5.86. The highest BCUT2D eigenvalue weighted by Gasteiger charge is 2.36. The molecule has 0 spiro atoms. The second-order valence-electron chi connectivity index (χ2n) is 9.42. The molecule has 0 unspecified atom stereocenters. The van der Waals surface area contributed by atoms with Gasteiger partial charge in [0.15, 0.2) is 0 Å². The number of ether oxygens (including phenoxy) is 1. The molecule has 2 aromatic rings. The SMILES string of the molecule is CC1CCC(C(=O)N(c2ccc(Oc3ccc(C(N)=O)cc3C(F)(F)F)cc2C(=O)O)C(C)C)CC1. The molecular weight excluding hydrogens is 477 g/mol. The van der Waals surface area contributed by atoms with Crippen molar-refractivity contribution in [1.29, 1.82) is 0 Å². The van der Waals surface area contributed by atoms with Crippen molar-refractivity contribution in [1.82, 2.24) is 0 Å². The number of nitrogens with two attached hydrogens (primary N) is 1. The summed E-state index contributed by atoms with van der Waals surface area (Å²) < 4.78 is 46.1. The molecule has 0 atom stereocenters. The van der Waals surface area contributed by atoms with Gasteiger partial charge in [0.05, 0.1) is 16.8 Å². The van der Waals surface area contributed by atoms with Gasteiger partial charge < -0.3 is 20.5 Å². The first-order valence-corrected chi connectivity index (χ1v) is 11.7. The molecule has 194 valence electrons. The Morgan fingerprint density at radius 2 is 1.69 bits per heavy atom. The molecule has 2 aromatic carbocycles. The van der Waals surface area contributed by atoms with Crippen molar-refractivity contribution in [2.45, 2.75) is 58.7 Å². The molecule has 0 heterocycles. The fraction of sp³-hybridized carbons (Fsp3) is 0.423. The minimum Gasteiger partial charge on any atom is -0.478 e. The molecule has 1 fully saturated rings. The summed E-state index contributed by atoms with van der Waals surface area (Å²) in [6.45, 7) is 5.68. The summed E-state index contributed by atoms with van der Waals surface area (Å²) >= 11 is 0. The summed E-state index contributed by atoms with van der Waals surface area (Å²) in [7, 11) is 0. The van der Waals surface area contributed by atoms with E-state index in [2.05, 4.69) is 6.92 Å². The Hall–Kier alpha value is -3.56. The van der Waals surface area contributed by atoms with Crippen molar-refractivity contribution in [2.75, 3.05) is 4.90 Å². The number of anilines is 1. The van der Waals surface area contributed by atoms with Gasteiger partial charge in [-0.25, -0.2) is 4.79 Å². The lowest BCUT2D eigenvalue weighted by Gasteiger charge is -2.34. The Bertz CT molecular complexity index is 1150. The quantitative estimate of drug-likeness (QED) is 0.489. The molecule has 0 radical (unpaired) electrons. The average Bonchev–Trinajstić information content (AvgIpc) is 2.79. The number of alkyl halides is 3. The first kappa shape index (κ1) is 27.0. The Labute approximate surface area is 207 Å². The van der Waals surface area contributed by atoms with Crippen molar-refractivity contribution in [2.24, 2.45) is 17.6 Å². The Kier molecular flexibility index (Phi) is 7.96. The van der Waals surface area contributed by atoms with E-state index in [4.69, 9.17) is 10.5 Å². The number of benzene rings is 2. The highest BCUT2D eigenvalue weighted by atomic mass is 19.4. The van der Waals surface area contributed by atoms with Gasteiger partial charge in [0, 0.05) is 17.5 Å². The molecule has 0 aliphatic heterocycles. The smallest absolute Gasteiger partial charge is 0.420 e. The van der Waals surface area contributed by atoms with Crippen LogP contribution in [0.2, 0.25) is 0 Å². The third kappa shape index (κ3) is 5.98. The molecule has 1 aliphatic rings. The van der Waals surface area contributed by atoms with E-state index < -0.39 is 29.4 Å². The first-order valence-electron chi connectivity index (χ1n) is 11.7. The van der Waals surface area contributed by atoms with Crippen LogP contribution in [0.15, 0.2) is 36.4 Å². The number of hydrogen-bond donors (Lipinski definition) is 2. The van der Waals surface area contributed by atoms with Crippen LogP contribution in [0, 0.1) is 11.8 Å². The number of rotatable bonds is 7. The Morgan fingerprint density at radius 3 is 2.22 bits per heavy atom. The van der Waals surface area contributed by atoms with Gasteiger partial charge in [0.2, 0.25) is 11.8 Å². The summed E-state index contributed by atoms with van der Waals surface area (Å²) in [5.74, 6) is -3.04. The van der Waals surface area contributed by atoms with Crippen LogP contribution in [-0.4, -0.2) is 28.9 Å². The molecule has 7 nitrogen and oxygen atoms in total. The van der Waals surface area contributed by atoms with Gasteiger partial charge >= 0.3 is 12.1 Å². The van der Waals surface area contributed by atoms with Crippen LogP contribution >= 0.6 is 0 Å². The average molecular weight is 507 g/mol. The molecule has 1 saturated carbocycles. The zero-order chi connectivity index (χ0) is 26.8. The number of amides is 2. The standard InChI is InChI=1S/C26H29F3N2O5/c1-14(2)31(24(33)16-6-4-15(3)5-7-16)21-10-9-18(13-19(21)25(34)35)36-22-11-8-17(23(30)32)12-20(22)26(27,28)29/h8-16H,4-7H2,1-3H3,(H2,30,32)(H,34,35). The number of carbonyl (C=O) groups excluding carboxylic acids is 2. The molecule has 2 amide bonds. The second-order valence-corrected chi connectivity index (χ2v) is 9.42. The van der Waals surface area contributed by atoms with E-state index in [0.29, 0.717) is 24.8 Å². The van der Waals surface area contributed by atoms with Gasteiger partial charge in [-0.2, -0.15) is 13.2 Å². The zero-order valence-electron chi connectivity index (χ0n) is 20.3. The largest absolute Gasteiger partial charge is 0.478 e. The van der Waals surface area contributed by atoms with E-state index in [1.54, 1.807) is 13.8 Å². The lowest BCUT2D eigenvalue weighted by Crippen LogP contribution is -2.42. The van der Waals surface area contributed by atoms with Gasteiger partial charge in [0.25, 0.3) is 0 Å². The molecule has 0 bridgehead atoms.